The van der Waals surface area contributed by atoms with Crippen LogP contribution in [0.1, 0.15) is 26.7 Å². The van der Waals surface area contributed by atoms with Crippen LogP contribution in [0.15, 0.2) is 0 Å². The molecule has 0 aromatic rings. The van der Waals surface area contributed by atoms with Crippen LogP contribution in [0.2, 0.25) is 0 Å². The van der Waals surface area contributed by atoms with Crippen molar-refractivity contribution in [2.45, 2.75) is 39.0 Å². The summed E-state index contributed by atoms with van der Waals surface area (Å²) in [5.41, 5.74) is 0. The summed E-state index contributed by atoms with van der Waals surface area (Å²) in [7, 11) is 0. The molecule has 15 heavy (non-hydrogen) atoms. The zero-order chi connectivity index (χ0) is 12.1. The predicted octanol–water partition coefficient (Wildman–Crippen LogP) is 1.46. The summed E-state index contributed by atoms with van der Waals surface area (Å²) >= 11 is 0. The van der Waals surface area contributed by atoms with Crippen LogP contribution in [-0.2, 0) is 4.79 Å². The quantitative estimate of drug-likeness (QED) is 0.747. The fourth-order valence-corrected chi connectivity index (χ4v) is 0.834. The van der Waals surface area contributed by atoms with E-state index in [2.05, 4.69) is 0 Å². The Morgan fingerprint density at radius 3 is 2.33 bits per heavy atom. The molecule has 0 aliphatic heterocycles. The van der Waals surface area contributed by atoms with Crippen LogP contribution in [-0.4, -0.2) is 29.8 Å². The molecule has 0 aliphatic rings. The van der Waals surface area contributed by atoms with E-state index in [1.54, 1.807) is 0 Å². The molecule has 6 heteroatoms. The highest BCUT2D eigenvalue weighted by atomic mass is 19.4. The third kappa shape index (κ3) is 7.18. The molecule has 0 saturated carbocycles. The molecule has 0 fully saturated rings. The molecule has 0 bridgehead atoms. The van der Waals surface area contributed by atoms with E-state index < -0.39 is 24.7 Å². The van der Waals surface area contributed by atoms with Crippen molar-refractivity contribution >= 4 is 5.91 Å². The summed E-state index contributed by atoms with van der Waals surface area (Å²) in [4.78, 5) is 11.0. The summed E-state index contributed by atoms with van der Waals surface area (Å²) in [6.07, 6.45) is -6.36. The average Bonchev–Trinajstić information content (AvgIpc) is 2.09. The van der Waals surface area contributed by atoms with Crippen molar-refractivity contribution in [3.05, 3.63) is 0 Å². The fourth-order valence-electron chi connectivity index (χ4n) is 0.834. The molecule has 0 spiro atoms. The number of carbonyl (C=O) groups is 1. The first-order chi connectivity index (χ1) is 6.73. The number of carbonyl (C=O) groups excluding carboxylic acids is 1. The lowest BCUT2D eigenvalue weighted by molar-refractivity contribution is -0.201. The largest absolute Gasteiger partial charge is 0.416 e. The van der Waals surface area contributed by atoms with Gasteiger partial charge < -0.3 is 10.4 Å². The minimum Gasteiger partial charge on any atom is -0.382 e. The van der Waals surface area contributed by atoms with Crippen molar-refractivity contribution in [3.63, 3.8) is 0 Å². The Morgan fingerprint density at radius 2 is 1.93 bits per heavy atom. The van der Waals surface area contributed by atoms with E-state index in [1.807, 2.05) is 19.2 Å². The van der Waals surface area contributed by atoms with Crippen LogP contribution in [0.4, 0.5) is 13.2 Å². The Labute approximate surface area is 86.7 Å². The van der Waals surface area contributed by atoms with Crippen LogP contribution in [0.25, 0.3) is 0 Å². The fraction of sp³-hybridized carbons (Fsp3) is 0.889. The van der Waals surface area contributed by atoms with Crippen molar-refractivity contribution < 1.29 is 23.1 Å². The second-order valence-electron chi connectivity index (χ2n) is 3.79. The molecule has 0 radical (unpaired) electrons. The lowest BCUT2D eigenvalue weighted by atomic mass is 10.1. The van der Waals surface area contributed by atoms with Crippen molar-refractivity contribution in [2.75, 3.05) is 6.54 Å². The predicted molar refractivity (Wildman–Crippen MR) is 49.1 cm³/mol. The van der Waals surface area contributed by atoms with Gasteiger partial charge in [0.05, 0.1) is 6.54 Å². The SMILES string of the molecule is CC(C)CCC(=O)NCC(O)C(F)(F)F. The number of hydrogen-bond donors (Lipinski definition) is 2. The number of rotatable bonds is 5. The van der Waals surface area contributed by atoms with Gasteiger partial charge in [0.2, 0.25) is 5.91 Å². The second kappa shape index (κ2) is 5.95. The molecule has 1 atom stereocenters. The highest BCUT2D eigenvalue weighted by Crippen LogP contribution is 2.19. The average molecular weight is 227 g/mol. The first-order valence-corrected chi connectivity index (χ1v) is 4.75. The first-order valence-electron chi connectivity index (χ1n) is 4.75. The van der Waals surface area contributed by atoms with Gasteiger partial charge in [-0.2, -0.15) is 13.2 Å². The molecular formula is C9H16F3NO2. The van der Waals surface area contributed by atoms with E-state index in [-0.39, 0.29) is 6.42 Å². The molecule has 0 rings (SSSR count). The molecule has 0 saturated heterocycles. The maximum atomic E-state index is 11.8. The molecule has 2 N–H and O–H groups in total. The summed E-state index contributed by atoms with van der Waals surface area (Å²) in [5, 5.41) is 10.6. The van der Waals surface area contributed by atoms with Crippen molar-refractivity contribution in [2.24, 2.45) is 5.92 Å². The smallest absolute Gasteiger partial charge is 0.382 e. The van der Waals surface area contributed by atoms with Crippen LogP contribution in [0, 0.1) is 5.92 Å². The summed E-state index contributed by atoms with van der Waals surface area (Å²) in [5.74, 6) is -0.143. The van der Waals surface area contributed by atoms with Gasteiger partial charge in [0, 0.05) is 6.42 Å². The maximum absolute atomic E-state index is 11.8. The van der Waals surface area contributed by atoms with E-state index in [0.29, 0.717) is 12.3 Å². The second-order valence-corrected chi connectivity index (χ2v) is 3.79. The van der Waals surface area contributed by atoms with Crippen LogP contribution in [0.3, 0.4) is 0 Å². The minimum atomic E-state index is -4.68. The molecular weight excluding hydrogens is 211 g/mol. The van der Waals surface area contributed by atoms with Gasteiger partial charge in [-0.3, -0.25) is 4.79 Å². The highest BCUT2D eigenvalue weighted by Gasteiger charge is 2.38. The lowest BCUT2D eigenvalue weighted by Gasteiger charge is -2.15. The van der Waals surface area contributed by atoms with E-state index >= 15 is 0 Å². The monoisotopic (exact) mass is 227 g/mol. The molecule has 1 unspecified atom stereocenters. The Balaban J connectivity index is 3.72. The van der Waals surface area contributed by atoms with E-state index in [1.165, 1.54) is 0 Å². The van der Waals surface area contributed by atoms with E-state index in [0.717, 1.165) is 0 Å². The van der Waals surface area contributed by atoms with Crippen LogP contribution < -0.4 is 5.32 Å². The third-order valence-corrected chi connectivity index (χ3v) is 1.82. The van der Waals surface area contributed by atoms with Crippen LogP contribution >= 0.6 is 0 Å². The molecule has 0 aromatic heterocycles. The Morgan fingerprint density at radius 1 is 1.40 bits per heavy atom. The zero-order valence-electron chi connectivity index (χ0n) is 8.77. The van der Waals surface area contributed by atoms with E-state index in [4.69, 9.17) is 5.11 Å². The van der Waals surface area contributed by atoms with Gasteiger partial charge in [-0.25, -0.2) is 0 Å². The Kier molecular flexibility index (Phi) is 5.64. The normalized spacial score (nSPS) is 14.1. The number of amides is 1. The molecule has 90 valence electrons. The van der Waals surface area contributed by atoms with Crippen molar-refractivity contribution in [3.8, 4) is 0 Å². The van der Waals surface area contributed by atoms with Crippen molar-refractivity contribution in [1.29, 1.82) is 0 Å². The lowest BCUT2D eigenvalue weighted by Crippen LogP contribution is -2.40. The number of hydrogen-bond acceptors (Lipinski definition) is 2. The summed E-state index contributed by atoms with van der Waals surface area (Å²) in [6.45, 7) is 3.05. The molecule has 0 heterocycles. The molecule has 1 amide bonds. The van der Waals surface area contributed by atoms with Gasteiger partial charge in [-0.1, -0.05) is 13.8 Å². The zero-order valence-corrected chi connectivity index (χ0v) is 8.77. The number of aliphatic hydroxyl groups is 1. The van der Waals surface area contributed by atoms with Crippen molar-refractivity contribution in [1.82, 2.24) is 5.32 Å². The third-order valence-electron chi connectivity index (χ3n) is 1.82. The van der Waals surface area contributed by atoms with Crippen LogP contribution in [0.5, 0.6) is 0 Å². The van der Waals surface area contributed by atoms with Gasteiger partial charge in [0.25, 0.3) is 0 Å². The molecule has 0 aromatic carbocycles. The van der Waals surface area contributed by atoms with E-state index in [9.17, 15) is 18.0 Å². The standard InChI is InChI=1S/C9H16F3NO2/c1-6(2)3-4-8(15)13-5-7(14)9(10,11)12/h6-7,14H,3-5H2,1-2H3,(H,13,15). The number of halogens is 3. The van der Waals surface area contributed by atoms with Gasteiger partial charge in [0.15, 0.2) is 6.10 Å². The molecule has 3 nitrogen and oxygen atoms in total. The highest BCUT2D eigenvalue weighted by molar-refractivity contribution is 5.75. The minimum absolute atomic E-state index is 0.183. The van der Waals surface area contributed by atoms with Gasteiger partial charge in [-0.15, -0.1) is 0 Å². The number of nitrogens with one attached hydrogen (secondary N) is 1. The van der Waals surface area contributed by atoms with Gasteiger partial charge in [0.1, 0.15) is 0 Å². The van der Waals surface area contributed by atoms with Gasteiger partial charge in [-0.05, 0) is 12.3 Å². The first kappa shape index (κ1) is 14.2. The Bertz CT molecular complexity index is 204. The molecule has 0 aliphatic carbocycles. The number of aliphatic hydroxyl groups excluding tert-OH is 1. The maximum Gasteiger partial charge on any atom is 0.416 e. The summed E-state index contributed by atoms with van der Waals surface area (Å²) in [6, 6.07) is 0. The summed E-state index contributed by atoms with van der Waals surface area (Å²) < 4.78 is 35.4. The number of alkyl halides is 3. The van der Waals surface area contributed by atoms with Gasteiger partial charge >= 0.3 is 6.18 Å². The topological polar surface area (TPSA) is 49.3 Å². The Hall–Kier alpha value is -0.780.